The molecule has 1 amide bonds. The van der Waals surface area contributed by atoms with Gasteiger partial charge in [-0.05, 0) is 36.1 Å². The summed E-state index contributed by atoms with van der Waals surface area (Å²) >= 11 is 0. The topological polar surface area (TPSA) is 57.7 Å². The van der Waals surface area contributed by atoms with E-state index in [0.717, 1.165) is 38.0 Å². The summed E-state index contributed by atoms with van der Waals surface area (Å²) in [6, 6.07) is 17.2. The highest BCUT2D eigenvalue weighted by Crippen LogP contribution is 2.20. The van der Waals surface area contributed by atoms with Gasteiger partial charge in [0.05, 0.1) is 11.3 Å². The zero-order valence-corrected chi connectivity index (χ0v) is 18.4. The van der Waals surface area contributed by atoms with Gasteiger partial charge in [-0.25, -0.2) is 8.42 Å². The Kier molecular flexibility index (Phi) is 7.45. The molecule has 2 aromatic rings. The number of likely N-dealkylation sites (tertiary alicyclic amines) is 1. The van der Waals surface area contributed by atoms with Gasteiger partial charge in [-0.2, -0.15) is 0 Å². The number of carbonyl (C=O) groups excluding carboxylic acids is 1. The molecule has 6 heteroatoms. The van der Waals surface area contributed by atoms with Crippen LogP contribution in [0.2, 0.25) is 0 Å². The molecule has 0 bridgehead atoms. The first kappa shape index (κ1) is 22.2. The highest BCUT2D eigenvalue weighted by Gasteiger charge is 2.27. The Morgan fingerprint density at radius 2 is 1.70 bits per heavy atom. The van der Waals surface area contributed by atoms with Crippen LogP contribution in [0, 0.1) is 0 Å². The van der Waals surface area contributed by atoms with Crippen molar-refractivity contribution in [2.45, 2.75) is 36.7 Å². The summed E-state index contributed by atoms with van der Waals surface area (Å²) < 4.78 is 23.2. The number of hydrogen-bond donors (Lipinski definition) is 0. The Morgan fingerprint density at radius 1 is 1.07 bits per heavy atom. The lowest BCUT2D eigenvalue weighted by molar-refractivity contribution is -0.133. The predicted octanol–water partition coefficient (Wildman–Crippen LogP) is 3.31. The van der Waals surface area contributed by atoms with Crippen molar-refractivity contribution in [1.82, 2.24) is 9.80 Å². The summed E-state index contributed by atoms with van der Waals surface area (Å²) in [7, 11) is -3.23. The fourth-order valence-corrected chi connectivity index (χ4v) is 4.59. The van der Waals surface area contributed by atoms with Crippen molar-refractivity contribution in [3.8, 4) is 0 Å². The first-order chi connectivity index (χ1) is 14.4. The standard InChI is InChI=1S/C24H30N2O3S/c1-3-15-26(24(27)18-20-9-11-23(12-10-20)30(2,28)29)22-13-16-25(17-14-22)19-21-7-5-4-6-8-21/h3-12,22H,1,13-19H2,2H3. The predicted molar refractivity (Wildman–Crippen MR) is 120 cm³/mol. The van der Waals surface area contributed by atoms with Crippen LogP contribution in [-0.2, 0) is 27.6 Å². The lowest BCUT2D eigenvalue weighted by Gasteiger charge is -2.38. The molecule has 5 nitrogen and oxygen atoms in total. The average Bonchev–Trinajstić information content (AvgIpc) is 2.73. The molecular formula is C24H30N2O3S. The highest BCUT2D eigenvalue weighted by molar-refractivity contribution is 7.90. The van der Waals surface area contributed by atoms with Crippen molar-refractivity contribution in [2.24, 2.45) is 0 Å². The van der Waals surface area contributed by atoms with Crippen LogP contribution in [0.3, 0.4) is 0 Å². The molecule has 3 rings (SSSR count). The van der Waals surface area contributed by atoms with Gasteiger partial charge in [-0.15, -0.1) is 6.58 Å². The molecule has 0 unspecified atom stereocenters. The van der Waals surface area contributed by atoms with Crippen molar-refractivity contribution in [1.29, 1.82) is 0 Å². The Hall–Kier alpha value is -2.44. The number of piperidine rings is 1. The number of rotatable bonds is 8. The third kappa shape index (κ3) is 6.03. The van der Waals surface area contributed by atoms with E-state index in [1.54, 1.807) is 30.3 Å². The molecule has 0 aliphatic carbocycles. The largest absolute Gasteiger partial charge is 0.336 e. The van der Waals surface area contributed by atoms with E-state index in [1.165, 1.54) is 11.8 Å². The molecule has 1 aliphatic rings. The van der Waals surface area contributed by atoms with E-state index < -0.39 is 9.84 Å². The van der Waals surface area contributed by atoms with E-state index >= 15 is 0 Å². The first-order valence-electron chi connectivity index (χ1n) is 10.3. The molecule has 1 saturated heterocycles. The summed E-state index contributed by atoms with van der Waals surface area (Å²) in [6.45, 7) is 7.22. The van der Waals surface area contributed by atoms with Gasteiger partial charge >= 0.3 is 0 Å². The summed E-state index contributed by atoms with van der Waals surface area (Å²) in [6.07, 6.45) is 5.12. The van der Waals surface area contributed by atoms with Crippen LogP contribution in [0.1, 0.15) is 24.0 Å². The molecule has 0 N–H and O–H groups in total. The maximum Gasteiger partial charge on any atom is 0.227 e. The Morgan fingerprint density at radius 3 is 2.27 bits per heavy atom. The first-order valence-corrected chi connectivity index (χ1v) is 12.2. The molecule has 1 heterocycles. The van der Waals surface area contributed by atoms with E-state index in [9.17, 15) is 13.2 Å². The van der Waals surface area contributed by atoms with Gasteiger partial charge in [0.25, 0.3) is 0 Å². The number of hydrogen-bond acceptors (Lipinski definition) is 4. The van der Waals surface area contributed by atoms with Gasteiger partial charge in [0.1, 0.15) is 0 Å². The number of sulfone groups is 1. The summed E-state index contributed by atoms with van der Waals surface area (Å²) in [5.41, 5.74) is 2.13. The van der Waals surface area contributed by atoms with E-state index in [-0.39, 0.29) is 23.3 Å². The average molecular weight is 427 g/mol. The third-order valence-corrected chi connectivity index (χ3v) is 6.73. The SMILES string of the molecule is C=CCN(C(=O)Cc1ccc(S(C)(=O)=O)cc1)C1CCN(Cc2ccccc2)CC1. The van der Waals surface area contributed by atoms with Crippen LogP contribution in [0.15, 0.2) is 72.1 Å². The van der Waals surface area contributed by atoms with E-state index in [0.29, 0.717) is 6.54 Å². The summed E-state index contributed by atoms with van der Waals surface area (Å²) in [5.74, 6) is 0.0588. The van der Waals surface area contributed by atoms with E-state index in [1.807, 2.05) is 11.0 Å². The minimum Gasteiger partial charge on any atom is -0.336 e. The van der Waals surface area contributed by atoms with Crippen LogP contribution < -0.4 is 0 Å². The fourth-order valence-electron chi connectivity index (χ4n) is 3.96. The number of nitrogens with zero attached hydrogens (tertiary/aromatic N) is 2. The lowest BCUT2D eigenvalue weighted by atomic mass is 10.0. The zero-order valence-electron chi connectivity index (χ0n) is 17.5. The molecule has 0 spiro atoms. The molecule has 0 atom stereocenters. The maximum absolute atomic E-state index is 13.0. The Balaban J connectivity index is 1.58. The van der Waals surface area contributed by atoms with Crippen LogP contribution in [0.5, 0.6) is 0 Å². The second-order valence-corrected chi connectivity index (χ2v) is 9.94. The van der Waals surface area contributed by atoms with Crippen molar-refractivity contribution >= 4 is 15.7 Å². The molecule has 2 aromatic carbocycles. The second kappa shape index (κ2) is 10.0. The second-order valence-electron chi connectivity index (χ2n) is 7.92. The zero-order chi connectivity index (χ0) is 21.6. The van der Waals surface area contributed by atoms with Crippen LogP contribution in [0.25, 0.3) is 0 Å². The number of amides is 1. The van der Waals surface area contributed by atoms with E-state index in [4.69, 9.17) is 0 Å². The lowest BCUT2D eigenvalue weighted by Crippen LogP contribution is -2.47. The molecule has 160 valence electrons. The van der Waals surface area contributed by atoms with Crippen LogP contribution in [-0.4, -0.2) is 56.1 Å². The molecule has 1 fully saturated rings. The third-order valence-electron chi connectivity index (χ3n) is 5.60. The van der Waals surface area contributed by atoms with Crippen molar-refractivity contribution in [3.63, 3.8) is 0 Å². The van der Waals surface area contributed by atoms with Gasteiger partial charge < -0.3 is 4.90 Å². The van der Waals surface area contributed by atoms with Crippen molar-refractivity contribution in [3.05, 3.63) is 78.4 Å². The smallest absolute Gasteiger partial charge is 0.227 e. The minimum absolute atomic E-state index is 0.0588. The molecular weight excluding hydrogens is 396 g/mol. The minimum atomic E-state index is -3.23. The quantitative estimate of drug-likeness (QED) is 0.608. The molecule has 0 saturated carbocycles. The van der Waals surface area contributed by atoms with Crippen LogP contribution in [0.4, 0.5) is 0 Å². The van der Waals surface area contributed by atoms with Gasteiger partial charge in [0.2, 0.25) is 5.91 Å². The molecule has 0 aromatic heterocycles. The number of carbonyl (C=O) groups is 1. The Labute approximate surface area is 179 Å². The van der Waals surface area contributed by atoms with Gasteiger partial charge in [-0.1, -0.05) is 48.5 Å². The normalized spacial score (nSPS) is 15.6. The van der Waals surface area contributed by atoms with Gasteiger partial charge in [-0.3, -0.25) is 9.69 Å². The van der Waals surface area contributed by atoms with E-state index in [2.05, 4.69) is 35.7 Å². The molecule has 0 radical (unpaired) electrons. The highest BCUT2D eigenvalue weighted by atomic mass is 32.2. The summed E-state index contributed by atoms with van der Waals surface area (Å²) in [5, 5.41) is 0. The molecule has 30 heavy (non-hydrogen) atoms. The van der Waals surface area contributed by atoms with Gasteiger partial charge in [0, 0.05) is 38.5 Å². The van der Waals surface area contributed by atoms with Crippen molar-refractivity contribution in [2.75, 3.05) is 25.9 Å². The summed E-state index contributed by atoms with van der Waals surface area (Å²) in [4.78, 5) is 17.6. The maximum atomic E-state index is 13.0. The van der Waals surface area contributed by atoms with Crippen molar-refractivity contribution < 1.29 is 13.2 Å². The Bertz CT molecular complexity index is 948. The number of benzene rings is 2. The van der Waals surface area contributed by atoms with Crippen LogP contribution >= 0.6 is 0 Å². The fraction of sp³-hybridized carbons (Fsp3) is 0.375. The van der Waals surface area contributed by atoms with Gasteiger partial charge in [0.15, 0.2) is 9.84 Å². The molecule has 1 aliphatic heterocycles. The monoisotopic (exact) mass is 426 g/mol.